The average Bonchev–Trinajstić information content (AvgIpc) is 2.70. The van der Waals surface area contributed by atoms with Gasteiger partial charge in [0, 0.05) is 22.7 Å². The van der Waals surface area contributed by atoms with Crippen LogP contribution < -0.4 is 15.1 Å². The number of rotatable bonds is 2. The number of hydrogen-bond donors (Lipinski definition) is 1. The third kappa shape index (κ3) is 3.75. The zero-order valence-corrected chi connectivity index (χ0v) is 20.4. The summed E-state index contributed by atoms with van der Waals surface area (Å²) in [5.41, 5.74) is 4.25. The van der Waals surface area contributed by atoms with Crippen molar-refractivity contribution >= 4 is 51.2 Å². The number of carbonyl (C=O) groups is 3. The molecule has 0 radical (unpaired) electrons. The number of aryl methyl sites for hydroxylation is 1. The molecule has 1 fully saturated rings. The lowest BCUT2D eigenvalue weighted by molar-refractivity contribution is -0.122. The molecule has 0 saturated carbocycles. The van der Waals surface area contributed by atoms with Gasteiger partial charge in [-0.25, -0.2) is 9.69 Å². The third-order valence-electron chi connectivity index (χ3n) is 6.47. The van der Waals surface area contributed by atoms with Crippen LogP contribution in [0, 0.1) is 6.92 Å². The SMILES string of the molecule is Cc1cc(Br)ccc1N1C(=O)NC(=O)/C(=C\c2ccc3c(c2)[C@H](C)CC(C)(C)N3C)C1=O. The third-order valence-corrected chi connectivity index (χ3v) is 6.96. The Kier molecular flexibility index (Phi) is 5.49. The van der Waals surface area contributed by atoms with Gasteiger partial charge in [0.1, 0.15) is 5.57 Å². The van der Waals surface area contributed by atoms with Crippen molar-refractivity contribution in [1.29, 1.82) is 0 Å². The van der Waals surface area contributed by atoms with Crippen LogP contribution >= 0.6 is 15.9 Å². The van der Waals surface area contributed by atoms with Gasteiger partial charge in [-0.15, -0.1) is 0 Å². The van der Waals surface area contributed by atoms with Gasteiger partial charge in [-0.1, -0.05) is 28.9 Å². The minimum atomic E-state index is -0.745. The summed E-state index contributed by atoms with van der Waals surface area (Å²) in [6.45, 7) is 8.45. The Morgan fingerprint density at radius 3 is 2.47 bits per heavy atom. The van der Waals surface area contributed by atoms with E-state index in [1.54, 1.807) is 18.2 Å². The van der Waals surface area contributed by atoms with Gasteiger partial charge in [0.2, 0.25) is 0 Å². The van der Waals surface area contributed by atoms with E-state index in [0.717, 1.165) is 32.6 Å². The summed E-state index contributed by atoms with van der Waals surface area (Å²) >= 11 is 3.39. The summed E-state index contributed by atoms with van der Waals surface area (Å²) in [6.07, 6.45) is 2.57. The summed E-state index contributed by atoms with van der Waals surface area (Å²) in [6, 6.07) is 10.5. The van der Waals surface area contributed by atoms with E-state index in [-0.39, 0.29) is 11.1 Å². The average molecular weight is 496 g/mol. The zero-order valence-electron chi connectivity index (χ0n) is 18.8. The van der Waals surface area contributed by atoms with Crippen LogP contribution in [-0.4, -0.2) is 30.4 Å². The molecule has 2 aromatic rings. The number of halogens is 1. The molecule has 0 spiro atoms. The predicted molar refractivity (Wildman–Crippen MR) is 130 cm³/mol. The highest BCUT2D eigenvalue weighted by atomic mass is 79.9. The van der Waals surface area contributed by atoms with E-state index in [1.807, 2.05) is 31.2 Å². The molecule has 2 aliphatic heterocycles. The lowest BCUT2D eigenvalue weighted by atomic mass is 9.80. The molecule has 1 atom stereocenters. The number of hydrogen-bond acceptors (Lipinski definition) is 4. The van der Waals surface area contributed by atoms with E-state index >= 15 is 0 Å². The van der Waals surface area contributed by atoms with E-state index in [0.29, 0.717) is 11.6 Å². The molecule has 1 saturated heterocycles. The van der Waals surface area contributed by atoms with Crippen molar-refractivity contribution in [2.75, 3.05) is 16.8 Å². The first kappa shape index (κ1) is 22.3. The molecule has 0 unspecified atom stereocenters. The highest BCUT2D eigenvalue weighted by Gasteiger charge is 2.38. The van der Waals surface area contributed by atoms with Crippen LogP contribution in [0.2, 0.25) is 0 Å². The van der Waals surface area contributed by atoms with Gasteiger partial charge in [-0.05, 0) is 86.2 Å². The van der Waals surface area contributed by atoms with Gasteiger partial charge >= 0.3 is 6.03 Å². The van der Waals surface area contributed by atoms with E-state index in [9.17, 15) is 14.4 Å². The fourth-order valence-electron chi connectivity index (χ4n) is 4.60. The monoisotopic (exact) mass is 495 g/mol. The largest absolute Gasteiger partial charge is 0.369 e. The maximum absolute atomic E-state index is 13.2. The quantitative estimate of drug-likeness (QED) is 0.462. The van der Waals surface area contributed by atoms with Gasteiger partial charge in [-0.3, -0.25) is 14.9 Å². The van der Waals surface area contributed by atoms with Crippen LogP contribution in [0.1, 0.15) is 49.8 Å². The first-order valence-corrected chi connectivity index (χ1v) is 11.3. The molecule has 4 rings (SSSR count). The second-order valence-electron chi connectivity index (χ2n) is 9.18. The summed E-state index contributed by atoms with van der Waals surface area (Å²) in [5.74, 6) is -0.975. The van der Waals surface area contributed by atoms with Crippen molar-refractivity contribution in [3.63, 3.8) is 0 Å². The highest BCUT2D eigenvalue weighted by molar-refractivity contribution is 9.10. The molecule has 0 aromatic heterocycles. The lowest BCUT2D eigenvalue weighted by Gasteiger charge is -2.45. The van der Waals surface area contributed by atoms with Crippen LogP contribution in [0.3, 0.4) is 0 Å². The standard InChI is InChI=1S/C25H26BrN3O3/c1-14-10-17(26)7-9-20(14)29-23(31)19(22(30)27-24(29)32)12-16-6-8-21-18(11-16)15(2)13-25(3,4)28(21)5/h6-12,15H,13H2,1-5H3,(H,27,30,32)/b19-12+/t15-/m1/s1. The number of amides is 4. The molecule has 2 heterocycles. The van der Waals surface area contributed by atoms with Gasteiger partial charge < -0.3 is 4.90 Å². The van der Waals surface area contributed by atoms with Crippen molar-refractivity contribution in [2.24, 2.45) is 0 Å². The van der Waals surface area contributed by atoms with Crippen LogP contribution in [0.5, 0.6) is 0 Å². The zero-order chi connectivity index (χ0) is 23.4. The summed E-state index contributed by atoms with van der Waals surface area (Å²) in [4.78, 5) is 41.6. The normalized spacial score (nSPS) is 21.6. The van der Waals surface area contributed by atoms with Gasteiger partial charge in [0.25, 0.3) is 11.8 Å². The Balaban J connectivity index is 1.74. The van der Waals surface area contributed by atoms with E-state index in [1.165, 1.54) is 5.56 Å². The maximum Gasteiger partial charge on any atom is 0.335 e. The van der Waals surface area contributed by atoms with Crippen LogP contribution in [0.25, 0.3) is 6.08 Å². The number of nitrogens with zero attached hydrogens (tertiary/aromatic N) is 2. The van der Waals surface area contributed by atoms with E-state index < -0.39 is 17.8 Å². The molecule has 1 N–H and O–H groups in total. The van der Waals surface area contributed by atoms with Crippen molar-refractivity contribution in [3.8, 4) is 0 Å². The first-order valence-electron chi connectivity index (χ1n) is 10.5. The number of carbonyl (C=O) groups excluding carboxylic acids is 3. The predicted octanol–water partition coefficient (Wildman–Crippen LogP) is 5.15. The number of urea groups is 1. The van der Waals surface area contributed by atoms with Gasteiger partial charge in [0.05, 0.1) is 5.69 Å². The highest BCUT2D eigenvalue weighted by Crippen LogP contribution is 2.42. The minimum Gasteiger partial charge on any atom is -0.369 e. The lowest BCUT2D eigenvalue weighted by Crippen LogP contribution is -2.54. The van der Waals surface area contributed by atoms with Gasteiger partial charge in [0.15, 0.2) is 0 Å². The summed E-state index contributed by atoms with van der Waals surface area (Å²) in [7, 11) is 2.09. The molecule has 4 amide bonds. The van der Waals surface area contributed by atoms with Gasteiger partial charge in [-0.2, -0.15) is 0 Å². The topological polar surface area (TPSA) is 69.7 Å². The molecule has 7 heteroatoms. The fraction of sp³-hybridized carbons (Fsp3) is 0.320. The molecule has 32 heavy (non-hydrogen) atoms. The van der Waals surface area contributed by atoms with E-state index in [4.69, 9.17) is 0 Å². The Morgan fingerprint density at radius 1 is 1.09 bits per heavy atom. The van der Waals surface area contributed by atoms with Crippen molar-refractivity contribution < 1.29 is 14.4 Å². The molecule has 166 valence electrons. The number of benzene rings is 2. The molecular weight excluding hydrogens is 470 g/mol. The summed E-state index contributed by atoms with van der Waals surface area (Å²) in [5, 5.41) is 2.30. The molecular formula is C25H26BrN3O3. The van der Waals surface area contributed by atoms with Crippen molar-refractivity contribution in [2.45, 2.75) is 45.6 Å². The second-order valence-corrected chi connectivity index (χ2v) is 10.1. The minimum absolute atomic E-state index is 0.0506. The number of fused-ring (bicyclic) bond motifs is 1. The van der Waals surface area contributed by atoms with Crippen LogP contribution in [-0.2, 0) is 9.59 Å². The maximum atomic E-state index is 13.2. The Morgan fingerprint density at radius 2 is 1.78 bits per heavy atom. The Bertz CT molecular complexity index is 1180. The molecule has 0 bridgehead atoms. The van der Waals surface area contributed by atoms with Crippen LogP contribution in [0.4, 0.5) is 16.2 Å². The Labute approximate surface area is 196 Å². The fourth-order valence-corrected chi connectivity index (χ4v) is 5.07. The molecule has 2 aromatic carbocycles. The molecule has 0 aliphatic carbocycles. The number of imide groups is 2. The summed E-state index contributed by atoms with van der Waals surface area (Å²) < 4.78 is 0.840. The van der Waals surface area contributed by atoms with Crippen LogP contribution in [0.15, 0.2) is 46.4 Å². The number of anilines is 2. The molecule has 2 aliphatic rings. The van der Waals surface area contributed by atoms with Crippen molar-refractivity contribution in [1.82, 2.24) is 5.32 Å². The number of nitrogens with one attached hydrogen (secondary N) is 1. The smallest absolute Gasteiger partial charge is 0.335 e. The van der Waals surface area contributed by atoms with Crippen molar-refractivity contribution in [3.05, 3.63) is 63.1 Å². The first-order chi connectivity index (χ1) is 15.0. The molecule has 6 nitrogen and oxygen atoms in total. The van der Waals surface area contributed by atoms with E-state index in [2.05, 4.69) is 54.0 Å². The number of barbiturate groups is 1. The second kappa shape index (κ2) is 7.89. The Hall–Kier alpha value is -2.93.